The molecule has 3 aromatic rings. The average molecular weight is 284 g/mol. The Morgan fingerprint density at radius 3 is 2.90 bits per heavy atom. The average Bonchev–Trinajstić information content (AvgIpc) is 2.89. The van der Waals surface area contributed by atoms with Crippen LogP contribution in [0.25, 0.3) is 10.9 Å². The van der Waals surface area contributed by atoms with Crippen molar-refractivity contribution < 1.29 is 14.1 Å². The molecule has 6 nitrogen and oxygen atoms in total. The van der Waals surface area contributed by atoms with Crippen LogP contribution in [0.4, 0.5) is 0 Å². The lowest BCUT2D eigenvalue weighted by Crippen LogP contribution is -2.12. The van der Waals surface area contributed by atoms with E-state index < -0.39 is 5.97 Å². The Morgan fingerprint density at radius 2 is 2.14 bits per heavy atom. The highest BCUT2D eigenvalue weighted by molar-refractivity contribution is 6.03. The maximum Gasteiger partial charge on any atom is 0.339 e. The third-order valence-electron chi connectivity index (χ3n) is 2.99. The highest BCUT2D eigenvalue weighted by Gasteiger charge is 2.14. The van der Waals surface area contributed by atoms with Crippen molar-refractivity contribution >= 4 is 16.9 Å². The lowest BCUT2D eigenvalue weighted by molar-refractivity contribution is 0.0439. The molecule has 1 N–H and O–H groups in total. The predicted octanol–water partition coefficient (Wildman–Crippen LogP) is 2.18. The maximum atomic E-state index is 12.2. The molecule has 0 unspecified atom stereocenters. The molecular formula is C15H12N2O4. The highest BCUT2D eigenvalue weighted by atomic mass is 16.5. The van der Waals surface area contributed by atoms with Gasteiger partial charge < -0.3 is 14.2 Å². The zero-order valence-corrected chi connectivity index (χ0v) is 11.3. The molecule has 0 fully saturated rings. The van der Waals surface area contributed by atoms with E-state index in [1.54, 1.807) is 37.3 Å². The van der Waals surface area contributed by atoms with Gasteiger partial charge in [0.15, 0.2) is 12.4 Å². The molecule has 0 spiro atoms. The fourth-order valence-corrected chi connectivity index (χ4v) is 2.07. The zero-order chi connectivity index (χ0) is 14.8. The summed E-state index contributed by atoms with van der Waals surface area (Å²) in [5.41, 5.74) is 1.18. The van der Waals surface area contributed by atoms with Crippen molar-refractivity contribution in [1.82, 2.24) is 10.1 Å². The molecule has 0 aliphatic rings. The summed E-state index contributed by atoms with van der Waals surface area (Å²) in [6.07, 6.45) is 0. The molecule has 0 bridgehead atoms. The molecule has 21 heavy (non-hydrogen) atoms. The van der Waals surface area contributed by atoms with E-state index in [4.69, 9.17) is 9.26 Å². The van der Waals surface area contributed by atoms with Gasteiger partial charge in [0.05, 0.1) is 11.3 Å². The first-order chi connectivity index (χ1) is 10.1. The molecule has 0 saturated heterocycles. The van der Waals surface area contributed by atoms with Crippen LogP contribution in [0.15, 0.2) is 45.7 Å². The number of para-hydroxylation sites is 1. The Balaban J connectivity index is 1.89. The van der Waals surface area contributed by atoms with Crippen LogP contribution < -0.4 is 5.56 Å². The summed E-state index contributed by atoms with van der Waals surface area (Å²) in [6, 6.07) is 9.97. The number of nitrogens with one attached hydrogen (secondary N) is 1. The second-order valence-electron chi connectivity index (χ2n) is 4.60. The normalized spacial score (nSPS) is 10.7. The fourth-order valence-electron chi connectivity index (χ4n) is 2.07. The van der Waals surface area contributed by atoms with Gasteiger partial charge >= 0.3 is 5.97 Å². The molecule has 0 aliphatic carbocycles. The number of aromatic nitrogens is 2. The van der Waals surface area contributed by atoms with Crippen molar-refractivity contribution in [3.63, 3.8) is 0 Å². The zero-order valence-electron chi connectivity index (χ0n) is 11.3. The molecular weight excluding hydrogens is 272 g/mol. The first-order valence-corrected chi connectivity index (χ1v) is 6.35. The number of H-pyrrole nitrogens is 1. The number of hydrogen-bond donors (Lipinski definition) is 1. The van der Waals surface area contributed by atoms with E-state index in [1.165, 1.54) is 6.07 Å². The van der Waals surface area contributed by atoms with Gasteiger partial charge in [0.2, 0.25) is 5.56 Å². The number of carbonyl (C=O) groups is 1. The Hall–Kier alpha value is -2.89. The Kier molecular flexibility index (Phi) is 3.27. The summed E-state index contributed by atoms with van der Waals surface area (Å²) >= 11 is 0. The summed E-state index contributed by atoms with van der Waals surface area (Å²) in [4.78, 5) is 26.4. The van der Waals surface area contributed by atoms with Gasteiger partial charge in [0.25, 0.3) is 0 Å². The van der Waals surface area contributed by atoms with Gasteiger partial charge in [-0.2, -0.15) is 0 Å². The van der Waals surface area contributed by atoms with Crippen LogP contribution in [0, 0.1) is 6.92 Å². The third-order valence-corrected chi connectivity index (χ3v) is 2.99. The smallest absolute Gasteiger partial charge is 0.339 e. The summed E-state index contributed by atoms with van der Waals surface area (Å²) in [5, 5.41) is 4.35. The number of hydrogen-bond acceptors (Lipinski definition) is 5. The number of nitrogens with zero attached hydrogens (tertiary/aromatic N) is 1. The quantitative estimate of drug-likeness (QED) is 0.745. The number of pyridine rings is 1. The van der Waals surface area contributed by atoms with E-state index in [-0.39, 0.29) is 17.7 Å². The predicted molar refractivity (Wildman–Crippen MR) is 74.9 cm³/mol. The Labute approximate surface area is 119 Å². The van der Waals surface area contributed by atoms with E-state index in [1.807, 2.05) is 0 Å². The van der Waals surface area contributed by atoms with Crippen molar-refractivity contribution in [2.75, 3.05) is 0 Å². The number of benzene rings is 1. The van der Waals surface area contributed by atoms with Crippen LogP contribution in [0.2, 0.25) is 0 Å². The molecule has 2 heterocycles. The van der Waals surface area contributed by atoms with Gasteiger partial charge in [-0.05, 0) is 13.0 Å². The summed E-state index contributed by atoms with van der Waals surface area (Å²) in [5.74, 6) is -0.124. The van der Waals surface area contributed by atoms with Crippen molar-refractivity contribution in [2.24, 2.45) is 0 Å². The monoisotopic (exact) mass is 284 g/mol. The molecule has 106 valence electrons. The minimum absolute atomic E-state index is 0.0270. The summed E-state index contributed by atoms with van der Waals surface area (Å²) < 4.78 is 10.1. The first-order valence-electron chi connectivity index (χ1n) is 6.35. The number of carbonyl (C=O) groups excluding carboxylic acids is 1. The number of aryl methyl sites for hydroxylation is 1. The lowest BCUT2D eigenvalue weighted by Gasteiger charge is -2.05. The van der Waals surface area contributed by atoms with Crippen LogP contribution in [0.3, 0.4) is 0 Å². The fraction of sp³-hybridized carbons (Fsp3) is 0.133. The van der Waals surface area contributed by atoms with E-state index in [9.17, 15) is 9.59 Å². The molecule has 3 rings (SSSR count). The number of esters is 1. The van der Waals surface area contributed by atoms with Gasteiger partial charge in [-0.15, -0.1) is 0 Å². The van der Waals surface area contributed by atoms with Gasteiger partial charge in [0.1, 0.15) is 0 Å². The van der Waals surface area contributed by atoms with E-state index >= 15 is 0 Å². The van der Waals surface area contributed by atoms with Crippen molar-refractivity contribution in [3.05, 3.63) is 63.8 Å². The second-order valence-corrected chi connectivity index (χ2v) is 4.60. The molecule has 0 aliphatic heterocycles. The highest BCUT2D eigenvalue weighted by Crippen LogP contribution is 2.16. The second kappa shape index (κ2) is 5.24. The van der Waals surface area contributed by atoms with Crippen molar-refractivity contribution in [2.45, 2.75) is 13.5 Å². The van der Waals surface area contributed by atoms with Crippen LogP contribution in [-0.2, 0) is 11.3 Å². The topological polar surface area (TPSA) is 85.2 Å². The number of ether oxygens (including phenoxy) is 1. The molecule has 0 atom stereocenters. The van der Waals surface area contributed by atoms with Gasteiger partial charge in [-0.3, -0.25) is 4.79 Å². The molecule has 0 saturated carbocycles. The van der Waals surface area contributed by atoms with Crippen LogP contribution >= 0.6 is 0 Å². The van der Waals surface area contributed by atoms with Gasteiger partial charge in [0, 0.05) is 23.0 Å². The van der Waals surface area contributed by atoms with Crippen molar-refractivity contribution in [1.29, 1.82) is 0 Å². The SMILES string of the molecule is Cc1cc(COC(=O)c2cc(=O)[nH]c3ccccc23)on1. The molecule has 0 radical (unpaired) electrons. The van der Waals surface area contributed by atoms with E-state index in [0.717, 1.165) is 0 Å². The standard InChI is InChI=1S/C15H12N2O4/c1-9-6-10(21-17-9)8-20-15(19)12-7-14(18)16-13-5-3-2-4-11(12)13/h2-7H,8H2,1H3,(H,16,18). The minimum Gasteiger partial charge on any atom is -0.454 e. The van der Waals surface area contributed by atoms with Crippen LogP contribution in [0.1, 0.15) is 21.8 Å². The molecule has 2 aromatic heterocycles. The van der Waals surface area contributed by atoms with Gasteiger partial charge in [-0.25, -0.2) is 4.79 Å². The third kappa shape index (κ3) is 2.69. The summed E-state index contributed by atoms with van der Waals surface area (Å²) in [6.45, 7) is 1.75. The first kappa shape index (κ1) is 13.1. The Bertz CT molecular complexity index is 863. The van der Waals surface area contributed by atoms with Crippen LogP contribution in [-0.4, -0.2) is 16.1 Å². The molecule has 1 aromatic carbocycles. The van der Waals surface area contributed by atoms with Crippen LogP contribution in [0.5, 0.6) is 0 Å². The minimum atomic E-state index is -0.577. The largest absolute Gasteiger partial charge is 0.454 e. The maximum absolute atomic E-state index is 12.2. The summed E-state index contributed by atoms with van der Waals surface area (Å²) in [7, 11) is 0. The van der Waals surface area contributed by atoms with Gasteiger partial charge in [-0.1, -0.05) is 23.4 Å². The Morgan fingerprint density at radius 1 is 1.33 bits per heavy atom. The lowest BCUT2D eigenvalue weighted by atomic mass is 10.1. The molecule has 6 heteroatoms. The van der Waals surface area contributed by atoms with E-state index in [0.29, 0.717) is 22.4 Å². The number of fused-ring (bicyclic) bond motifs is 1. The number of rotatable bonds is 3. The molecule has 0 amide bonds. The number of aromatic amines is 1. The van der Waals surface area contributed by atoms with E-state index in [2.05, 4.69) is 10.1 Å². The van der Waals surface area contributed by atoms with Crippen molar-refractivity contribution in [3.8, 4) is 0 Å².